The summed E-state index contributed by atoms with van der Waals surface area (Å²) < 4.78 is 5.76. The van der Waals surface area contributed by atoms with Crippen molar-refractivity contribution < 1.29 is 14.5 Å². The van der Waals surface area contributed by atoms with E-state index < -0.39 is 4.92 Å². The van der Waals surface area contributed by atoms with Crippen molar-refractivity contribution in [2.24, 2.45) is 0 Å². The first-order valence-electron chi connectivity index (χ1n) is 5.90. The zero-order valence-electron chi connectivity index (χ0n) is 11.0. The van der Waals surface area contributed by atoms with Crippen LogP contribution in [-0.4, -0.2) is 26.2 Å². The maximum absolute atomic E-state index is 11.0. The standard InChI is InChI=1S/C10H11N7O4/c1-7-13-6-10(16(18)19)15(7)3-2-12-5-8-9(4-11)17(20)21-14-8/h6,12H,2-3,5H2,1H3. The molecular formula is C10H11N7O4. The van der Waals surface area contributed by atoms with E-state index in [1.54, 1.807) is 13.0 Å². The zero-order valence-corrected chi connectivity index (χ0v) is 11.0. The van der Waals surface area contributed by atoms with Crippen molar-refractivity contribution in [3.8, 4) is 6.07 Å². The highest BCUT2D eigenvalue weighted by Gasteiger charge is 2.19. The SMILES string of the molecule is Cc1ncc([N+](=O)[O-])n1CCNCc1no[n+]([O-])c1C#N. The Morgan fingerprint density at radius 1 is 1.67 bits per heavy atom. The molecule has 11 nitrogen and oxygen atoms in total. The van der Waals surface area contributed by atoms with Gasteiger partial charge in [-0.3, -0.25) is 4.63 Å². The number of nitrogens with zero attached hydrogens (tertiary/aromatic N) is 6. The maximum atomic E-state index is 11.0. The van der Waals surface area contributed by atoms with Crippen LogP contribution >= 0.6 is 0 Å². The smallest absolute Gasteiger partial charge is 0.342 e. The molecule has 0 unspecified atom stereocenters. The van der Waals surface area contributed by atoms with Crippen LogP contribution in [-0.2, 0) is 13.1 Å². The minimum Gasteiger partial charge on any atom is -0.358 e. The molecular weight excluding hydrogens is 282 g/mol. The van der Waals surface area contributed by atoms with Crippen LogP contribution in [0.3, 0.4) is 0 Å². The molecule has 0 saturated heterocycles. The highest BCUT2D eigenvalue weighted by molar-refractivity contribution is 5.19. The van der Waals surface area contributed by atoms with Gasteiger partial charge in [0.2, 0.25) is 5.69 Å². The summed E-state index contributed by atoms with van der Waals surface area (Å²) in [6.45, 7) is 2.50. The molecule has 0 fully saturated rings. The van der Waals surface area contributed by atoms with E-state index in [1.165, 1.54) is 10.8 Å². The largest absolute Gasteiger partial charge is 0.358 e. The Morgan fingerprint density at radius 2 is 2.43 bits per heavy atom. The number of aromatic nitrogens is 4. The van der Waals surface area contributed by atoms with Crippen molar-refractivity contribution in [2.45, 2.75) is 20.0 Å². The van der Waals surface area contributed by atoms with Gasteiger partial charge in [-0.2, -0.15) is 5.26 Å². The second-order valence-corrected chi connectivity index (χ2v) is 4.09. The number of aryl methyl sites for hydroxylation is 1. The molecule has 0 aromatic carbocycles. The number of imidazole rings is 1. The van der Waals surface area contributed by atoms with Gasteiger partial charge in [0.15, 0.2) is 11.9 Å². The minimum atomic E-state index is -0.508. The van der Waals surface area contributed by atoms with Gasteiger partial charge in [-0.1, -0.05) is 0 Å². The van der Waals surface area contributed by atoms with Crippen molar-refractivity contribution in [3.05, 3.63) is 38.7 Å². The van der Waals surface area contributed by atoms with Crippen molar-refractivity contribution in [1.82, 2.24) is 20.0 Å². The number of rotatable bonds is 6. The predicted molar refractivity (Wildman–Crippen MR) is 65.5 cm³/mol. The summed E-state index contributed by atoms with van der Waals surface area (Å²) in [4.78, 5) is 14.2. The van der Waals surface area contributed by atoms with Crippen molar-refractivity contribution in [3.63, 3.8) is 0 Å². The third-order valence-electron chi connectivity index (χ3n) is 2.81. The fourth-order valence-electron chi connectivity index (χ4n) is 1.77. The van der Waals surface area contributed by atoms with Crippen molar-refractivity contribution >= 4 is 5.82 Å². The molecule has 0 saturated carbocycles. The topological polar surface area (TPSA) is 150 Å². The van der Waals surface area contributed by atoms with E-state index in [1.807, 2.05) is 0 Å². The van der Waals surface area contributed by atoms with Gasteiger partial charge in [-0.05, 0) is 9.83 Å². The van der Waals surface area contributed by atoms with Crippen LogP contribution in [0.1, 0.15) is 17.2 Å². The molecule has 21 heavy (non-hydrogen) atoms. The van der Waals surface area contributed by atoms with E-state index >= 15 is 0 Å². The Balaban J connectivity index is 1.92. The van der Waals surface area contributed by atoms with Crippen LogP contribution in [0.15, 0.2) is 10.8 Å². The van der Waals surface area contributed by atoms with E-state index in [0.29, 0.717) is 18.9 Å². The monoisotopic (exact) mass is 293 g/mol. The lowest BCUT2D eigenvalue weighted by molar-refractivity contribution is -0.804. The first kappa shape index (κ1) is 14.4. The Labute approximate surface area is 118 Å². The van der Waals surface area contributed by atoms with Gasteiger partial charge in [0.05, 0.1) is 6.54 Å². The lowest BCUT2D eigenvalue weighted by Gasteiger charge is -2.03. The Morgan fingerprint density at radius 3 is 3.10 bits per heavy atom. The molecule has 11 heteroatoms. The molecule has 1 N–H and O–H groups in total. The molecule has 110 valence electrons. The fourth-order valence-corrected chi connectivity index (χ4v) is 1.77. The van der Waals surface area contributed by atoms with E-state index in [-0.39, 0.29) is 28.7 Å². The van der Waals surface area contributed by atoms with Gasteiger partial charge in [-0.25, -0.2) is 9.55 Å². The average molecular weight is 293 g/mol. The van der Waals surface area contributed by atoms with Crippen LogP contribution in [0.4, 0.5) is 5.82 Å². The van der Waals surface area contributed by atoms with Crippen molar-refractivity contribution in [2.75, 3.05) is 6.54 Å². The van der Waals surface area contributed by atoms with Crippen LogP contribution in [0.2, 0.25) is 0 Å². The molecule has 0 amide bonds. The summed E-state index contributed by atoms with van der Waals surface area (Å²) in [7, 11) is 0. The Hall–Kier alpha value is -3.00. The maximum Gasteiger partial charge on any atom is 0.342 e. The molecule has 0 aliphatic rings. The van der Waals surface area contributed by atoms with Gasteiger partial charge >= 0.3 is 5.82 Å². The normalized spacial score (nSPS) is 10.5. The van der Waals surface area contributed by atoms with Gasteiger partial charge in [0.25, 0.3) is 5.69 Å². The van der Waals surface area contributed by atoms with E-state index in [4.69, 9.17) is 5.26 Å². The lowest BCUT2D eigenvalue weighted by Crippen LogP contribution is -2.28. The first-order chi connectivity index (χ1) is 10.0. The highest BCUT2D eigenvalue weighted by atomic mass is 16.8. The third-order valence-corrected chi connectivity index (χ3v) is 2.81. The molecule has 0 radical (unpaired) electrons. The van der Waals surface area contributed by atoms with E-state index in [9.17, 15) is 15.3 Å². The molecule has 2 rings (SSSR count). The average Bonchev–Trinajstić information content (AvgIpc) is 2.98. The Bertz CT molecular complexity index is 699. The number of nitro groups is 1. The molecule has 0 aliphatic carbocycles. The summed E-state index contributed by atoms with van der Waals surface area (Å²) in [5, 5.41) is 36.9. The van der Waals surface area contributed by atoms with Crippen LogP contribution in [0.5, 0.6) is 0 Å². The number of nitrogens with one attached hydrogen (secondary N) is 1. The van der Waals surface area contributed by atoms with Crippen LogP contribution < -0.4 is 10.2 Å². The summed E-state index contributed by atoms with van der Waals surface area (Å²) in [6.07, 6.45) is 1.20. The summed E-state index contributed by atoms with van der Waals surface area (Å²) >= 11 is 0. The Kier molecular flexibility index (Phi) is 4.10. The first-order valence-corrected chi connectivity index (χ1v) is 5.90. The van der Waals surface area contributed by atoms with E-state index in [2.05, 4.69) is 20.1 Å². The molecule has 2 aromatic heterocycles. The van der Waals surface area contributed by atoms with Gasteiger partial charge in [-0.15, -0.1) is 0 Å². The summed E-state index contributed by atoms with van der Waals surface area (Å²) in [5.41, 5.74) is -0.0309. The molecule has 2 heterocycles. The molecule has 2 aromatic rings. The number of nitriles is 1. The minimum absolute atomic E-state index is 0.0296. The van der Waals surface area contributed by atoms with Gasteiger partial charge < -0.3 is 20.6 Å². The second-order valence-electron chi connectivity index (χ2n) is 4.09. The zero-order chi connectivity index (χ0) is 15.4. The predicted octanol–water partition coefficient (Wildman–Crippen LogP) is -0.617. The lowest BCUT2D eigenvalue weighted by atomic mass is 10.3. The molecule has 0 spiro atoms. The van der Waals surface area contributed by atoms with E-state index in [0.717, 1.165) is 0 Å². The summed E-state index contributed by atoms with van der Waals surface area (Å²) in [6, 6.07) is 1.68. The highest BCUT2D eigenvalue weighted by Crippen LogP contribution is 2.12. The second kappa shape index (κ2) is 5.97. The number of hydrogen-bond donors (Lipinski definition) is 1. The van der Waals surface area contributed by atoms with Gasteiger partial charge in [0.1, 0.15) is 12.7 Å². The van der Waals surface area contributed by atoms with Crippen LogP contribution in [0.25, 0.3) is 0 Å². The van der Waals surface area contributed by atoms with Crippen molar-refractivity contribution in [1.29, 1.82) is 5.26 Å². The third kappa shape index (κ3) is 2.95. The molecule has 0 atom stereocenters. The molecule has 0 aliphatic heterocycles. The summed E-state index contributed by atoms with van der Waals surface area (Å²) in [5.74, 6) is 0.436. The number of hydrogen-bond acceptors (Lipinski definition) is 8. The molecule has 0 bridgehead atoms. The fraction of sp³-hybridized carbons (Fsp3) is 0.400. The van der Waals surface area contributed by atoms with Gasteiger partial charge in [0, 0.05) is 18.6 Å². The quantitative estimate of drug-likeness (QED) is 0.320. The van der Waals surface area contributed by atoms with Crippen LogP contribution in [0, 0.1) is 33.6 Å².